The number of piperidine rings is 1. The van der Waals surface area contributed by atoms with Crippen LogP contribution in [0.4, 0.5) is 0 Å². The highest BCUT2D eigenvalue weighted by Gasteiger charge is 2.21. The predicted octanol–water partition coefficient (Wildman–Crippen LogP) is 2.37. The molecule has 0 amide bonds. The zero-order chi connectivity index (χ0) is 10.7. The fourth-order valence-electron chi connectivity index (χ4n) is 2.11. The highest BCUT2D eigenvalue weighted by molar-refractivity contribution is 6.30. The summed E-state index contributed by atoms with van der Waals surface area (Å²) in [5, 5.41) is 13.4. The molecule has 1 aromatic carbocycles. The average molecular weight is 226 g/mol. The molecule has 1 aliphatic heterocycles. The summed E-state index contributed by atoms with van der Waals surface area (Å²) in [5.41, 5.74) is 1.26. The van der Waals surface area contributed by atoms with E-state index in [1.165, 1.54) is 5.56 Å². The van der Waals surface area contributed by atoms with Gasteiger partial charge in [-0.25, -0.2) is 0 Å². The molecule has 2 rings (SSSR count). The van der Waals surface area contributed by atoms with Gasteiger partial charge in [0, 0.05) is 17.7 Å². The van der Waals surface area contributed by atoms with Crippen LogP contribution in [0.3, 0.4) is 0 Å². The van der Waals surface area contributed by atoms with Crippen LogP contribution >= 0.6 is 11.6 Å². The van der Waals surface area contributed by atoms with Crippen molar-refractivity contribution >= 4 is 11.6 Å². The molecule has 0 aromatic heterocycles. The van der Waals surface area contributed by atoms with Crippen LogP contribution in [0.15, 0.2) is 24.3 Å². The summed E-state index contributed by atoms with van der Waals surface area (Å²) < 4.78 is 0. The number of halogens is 1. The summed E-state index contributed by atoms with van der Waals surface area (Å²) in [4.78, 5) is 0. The lowest BCUT2D eigenvalue weighted by Gasteiger charge is -2.29. The minimum atomic E-state index is 0.297. The highest BCUT2D eigenvalue weighted by atomic mass is 35.5. The van der Waals surface area contributed by atoms with Gasteiger partial charge >= 0.3 is 0 Å². The van der Waals surface area contributed by atoms with Crippen molar-refractivity contribution in [1.29, 1.82) is 0 Å². The Labute approximate surface area is 95.3 Å². The van der Waals surface area contributed by atoms with Crippen LogP contribution in [0.25, 0.3) is 0 Å². The summed E-state index contributed by atoms with van der Waals surface area (Å²) in [7, 11) is 0. The maximum Gasteiger partial charge on any atom is 0.0460 e. The summed E-state index contributed by atoms with van der Waals surface area (Å²) in [6.45, 7) is 1.28. The molecule has 0 radical (unpaired) electrons. The van der Waals surface area contributed by atoms with Gasteiger partial charge in [0.15, 0.2) is 0 Å². The van der Waals surface area contributed by atoms with Crippen LogP contribution in [-0.4, -0.2) is 18.3 Å². The molecule has 0 saturated carbocycles. The van der Waals surface area contributed by atoms with Crippen LogP contribution in [0, 0.1) is 5.92 Å². The van der Waals surface area contributed by atoms with Gasteiger partial charge in [0.25, 0.3) is 0 Å². The number of benzene rings is 1. The van der Waals surface area contributed by atoms with Gasteiger partial charge in [-0.1, -0.05) is 23.7 Å². The molecule has 82 valence electrons. The summed E-state index contributed by atoms with van der Waals surface area (Å²) >= 11 is 5.85. The summed E-state index contributed by atoms with van der Waals surface area (Å²) in [5.74, 6) is 0.437. The lowest BCUT2D eigenvalue weighted by molar-refractivity contribution is 0.176. The molecule has 2 atom stereocenters. The van der Waals surface area contributed by atoms with Crippen molar-refractivity contribution < 1.29 is 5.11 Å². The van der Waals surface area contributed by atoms with Crippen molar-refractivity contribution in [1.82, 2.24) is 5.32 Å². The van der Waals surface area contributed by atoms with Crippen LogP contribution in [0.5, 0.6) is 0 Å². The Balaban J connectivity index is 2.06. The van der Waals surface area contributed by atoms with Crippen molar-refractivity contribution in [2.24, 2.45) is 5.92 Å². The summed E-state index contributed by atoms with van der Waals surface area (Å²) in [6, 6.07) is 8.31. The Morgan fingerprint density at radius 3 is 2.73 bits per heavy atom. The first-order valence-electron chi connectivity index (χ1n) is 5.39. The lowest BCUT2D eigenvalue weighted by Crippen LogP contribution is -2.33. The number of hydrogen-bond donors (Lipinski definition) is 2. The summed E-state index contributed by atoms with van der Waals surface area (Å²) in [6.07, 6.45) is 2.08. The van der Waals surface area contributed by atoms with E-state index >= 15 is 0 Å². The maximum absolute atomic E-state index is 9.15. The molecule has 1 aromatic rings. The Hall–Kier alpha value is -0.570. The molecule has 0 aliphatic carbocycles. The molecule has 2 unspecified atom stereocenters. The van der Waals surface area contributed by atoms with Gasteiger partial charge in [-0.15, -0.1) is 0 Å². The zero-order valence-corrected chi connectivity index (χ0v) is 9.37. The molecular weight excluding hydrogens is 210 g/mol. The number of rotatable bonds is 2. The molecule has 0 spiro atoms. The van der Waals surface area contributed by atoms with E-state index in [9.17, 15) is 0 Å². The van der Waals surface area contributed by atoms with Crippen molar-refractivity contribution in [3.63, 3.8) is 0 Å². The topological polar surface area (TPSA) is 32.3 Å². The van der Waals surface area contributed by atoms with E-state index in [-0.39, 0.29) is 0 Å². The van der Waals surface area contributed by atoms with Gasteiger partial charge in [-0.2, -0.15) is 0 Å². The zero-order valence-electron chi connectivity index (χ0n) is 8.62. The third-order valence-electron chi connectivity index (χ3n) is 3.04. The van der Waals surface area contributed by atoms with Crippen molar-refractivity contribution in [2.45, 2.75) is 18.9 Å². The normalized spacial score (nSPS) is 26.5. The van der Waals surface area contributed by atoms with Crippen molar-refractivity contribution in [3.05, 3.63) is 34.9 Å². The second kappa shape index (κ2) is 4.97. The van der Waals surface area contributed by atoms with Gasteiger partial charge in [0.2, 0.25) is 0 Å². The molecule has 1 fully saturated rings. The minimum absolute atomic E-state index is 0.297. The molecule has 1 saturated heterocycles. The first kappa shape index (κ1) is 10.9. The third-order valence-corrected chi connectivity index (χ3v) is 3.29. The monoisotopic (exact) mass is 225 g/mol. The van der Waals surface area contributed by atoms with Crippen LogP contribution in [0.1, 0.15) is 24.4 Å². The highest BCUT2D eigenvalue weighted by Crippen LogP contribution is 2.27. The minimum Gasteiger partial charge on any atom is -0.396 e. The second-order valence-corrected chi connectivity index (χ2v) is 4.57. The Bertz CT molecular complexity index is 312. The Morgan fingerprint density at radius 1 is 1.33 bits per heavy atom. The second-order valence-electron chi connectivity index (χ2n) is 4.13. The Kier molecular flexibility index (Phi) is 3.62. The number of hydrogen-bond acceptors (Lipinski definition) is 2. The number of aliphatic hydroxyl groups excluding tert-OH is 1. The van der Waals surface area contributed by atoms with E-state index in [1.54, 1.807) is 0 Å². The molecular formula is C12H16ClNO. The van der Waals surface area contributed by atoms with Crippen molar-refractivity contribution in [3.8, 4) is 0 Å². The van der Waals surface area contributed by atoms with E-state index in [0.717, 1.165) is 24.4 Å². The van der Waals surface area contributed by atoms with Crippen LogP contribution in [-0.2, 0) is 0 Å². The smallest absolute Gasteiger partial charge is 0.0460 e. The van der Waals surface area contributed by atoms with Crippen molar-refractivity contribution in [2.75, 3.05) is 13.2 Å². The first-order valence-corrected chi connectivity index (χ1v) is 5.77. The maximum atomic E-state index is 9.15. The SMILES string of the molecule is OCC1CCNC(c2ccc(Cl)cc2)C1. The molecule has 2 nitrogen and oxygen atoms in total. The fraction of sp³-hybridized carbons (Fsp3) is 0.500. The van der Waals surface area contributed by atoms with Gasteiger partial charge in [-0.3, -0.25) is 0 Å². The molecule has 2 N–H and O–H groups in total. The van der Waals surface area contributed by atoms with Gasteiger partial charge in [0.1, 0.15) is 0 Å². The van der Waals surface area contributed by atoms with Gasteiger partial charge in [-0.05, 0) is 43.0 Å². The van der Waals surface area contributed by atoms with E-state index in [2.05, 4.69) is 17.4 Å². The molecule has 3 heteroatoms. The lowest BCUT2D eigenvalue weighted by atomic mass is 9.89. The first-order chi connectivity index (χ1) is 7.29. The van der Waals surface area contributed by atoms with Crippen LogP contribution < -0.4 is 5.32 Å². The standard InChI is InChI=1S/C12H16ClNO/c13-11-3-1-10(2-4-11)12-7-9(8-15)5-6-14-12/h1-4,9,12,14-15H,5-8H2. The largest absolute Gasteiger partial charge is 0.396 e. The fourth-order valence-corrected chi connectivity index (χ4v) is 2.24. The molecule has 1 heterocycles. The quantitative estimate of drug-likeness (QED) is 0.810. The van der Waals surface area contributed by atoms with E-state index in [1.807, 2.05) is 12.1 Å². The van der Waals surface area contributed by atoms with Crippen LogP contribution in [0.2, 0.25) is 5.02 Å². The Morgan fingerprint density at radius 2 is 2.07 bits per heavy atom. The average Bonchev–Trinajstić information content (AvgIpc) is 2.30. The third kappa shape index (κ3) is 2.71. The molecule has 0 bridgehead atoms. The van der Waals surface area contributed by atoms with E-state index < -0.39 is 0 Å². The van der Waals surface area contributed by atoms with E-state index in [0.29, 0.717) is 18.6 Å². The molecule has 1 aliphatic rings. The molecule has 15 heavy (non-hydrogen) atoms. The number of aliphatic hydroxyl groups is 1. The number of nitrogens with one attached hydrogen (secondary N) is 1. The van der Waals surface area contributed by atoms with Gasteiger partial charge < -0.3 is 10.4 Å². The predicted molar refractivity (Wildman–Crippen MR) is 62.0 cm³/mol. The van der Waals surface area contributed by atoms with E-state index in [4.69, 9.17) is 16.7 Å². The van der Waals surface area contributed by atoms with Gasteiger partial charge in [0.05, 0.1) is 0 Å².